The number of nitrogens with zero attached hydrogens (tertiary/aromatic N) is 2. The van der Waals surface area contributed by atoms with Crippen LogP contribution in [0.15, 0.2) is 34.2 Å². The lowest BCUT2D eigenvalue weighted by Gasteiger charge is -2.16. The van der Waals surface area contributed by atoms with Crippen LogP contribution in [0.2, 0.25) is 0 Å². The minimum Gasteiger partial charge on any atom is -0.359 e. The fourth-order valence-electron chi connectivity index (χ4n) is 1.56. The van der Waals surface area contributed by atoms with E-state index in [1.54, 1.807) is 32.3 Å². The van der Waals surface area contributed by atoms with Crippen LogP contribution in [-0.4, -0.2) is 46.9 Å². The van der Waals surface area contributed by atoms with Gasteiger partial charge in [-0.2, -0.15) is 0 Å². The van der Waals surface area contributed by atoms with Crippen LogP contribution in [0.25, 0.3) is 0 Å². The normalized spacial score (nSPS) is 11.9. The third-order valence-electron chi connectivity index (χ3n) is 2.64. The van der Waals surface area contributed by atoms with Crippen LogP contribution >= 0.6 is 24.0 Å². The first-order chi connectivity index (χ1) is 8.93. The Hall–Kier alpha value is -0.870. The number of benzene rings is 1. The van der Waals surface area contributed by atoms with Crippen molar-refractivity contribution < 1.29 is 8.42 Å². The second-order valence-corrected chi connectivity index (χ2v) is 6.19. The molecule has 114 valence electrons. The lowest BCUT2D eigenvalue weighted by molar-refractivity contribution is 0.519. The molecular formula is C12H21IN4O2S. The highest BCUT2D eigenvalue weighted by molar-refractivity contribution is 14.0. The van der Waals surface area contributed by atoms with Crippen molar-refractivity contribution in [2.45, 2.75) is 11.4 Å². The Kier molecular flexibility index (Phi) is 8.06. The van der Waals surface area contributed by atoms with Crippen LogP contribution in [0, 0.1) is 0 Å². The molecule has 0 bridgehead atoms. The number of guanidine groups is 1. The van der Waals surface area contributed by atoms with Gasteiger partial charge in [0.1, 0.15) is 0 Å². The van der Waals surface area contributed by atoms with E-state index in [1.807, 2.05) is 6.07 Å². The van der Waals surface area contributed by atoms with Crippen molar-refractivity contribution in [2.75, 3.05) is 28.2 Å². The van der Waals surface area contributed by atoms with Gasteiger partial charge in [0.2, 0.25) is 10.0 Å². The minimum absolute atomic E-state index is 0. The van der Waals surface area contributed by atoms with E-state index in [0.717, 1.165) is 0 Å². The molecule has 0 saturated heterocycles. The summed E-state index contributed by atoms with van der Waals surface area (Å²) in [5.74, 6) is 0.608. The Morgan fingerprint density at radius 3 is 2.40 bits per heavy atom. The van der Waals surface area contributed by atoms with Gasteiger partial charge >= 0.3 is 0 Å². The molecule has 0 saturated carbocycles. The van der Waals surface area contributed by atoms with Crippen LogP contribution < -0.4 is 10.6 Å². The number of aliphatic imine (C=N–C) groups is 1. The summed E-state index contributed by atoms with van der Waals surface area (Å²) >= 11 is 0. The van der Waals surface area contributed by atoms with E-state index in [4.69, 9.17) is 0 Å². The Morgan fingerprint density at radius 1 is 1.30 bits per heavy atom. The zero-order chi connectivity index (χ0) is 14.5. The molecule has 1 aromatic rings. The van der Waals surface area contributed by atoms with Gasteiger partial charge in [-0.15, -0.1) is 24.0 Å². The lowest BCUT2D eigenvalue weighted by atomic mass is 10.2. The molecule has 20 heavy (non-hydrogen) atoms. The van der Waals surface area contributed by atoms with Gasteiger partial charge in [0, 0.05) is 34.7 Å². The van der Waals surface area contributed by atoms with Gasteiger partial charge in [0.05, 0.1) is 4.90 Å². The largest absolute Gasteiger partial charge is 0.359 e. The predicted molar refractivity (Wildman–Crippen MR) is 92.0 cm³/mol. The molecule has 2 N–H and O–H groups in total. The molecule has 0 aliphatic carbocycles. The van der Waals surface area contributed by atoms with Crippen molar-refractivity contribution in [3.63, 3.8) is 0 Å². The molecule has 1 rings (SSSR count). The van der Waals surface area contributed by atoms with Gasteiger partial charge in [-0.05, 0) is 11.6 Å². The summed E-state index contributed by atoms with van der Waals surface area (Å²) in [5, 5.41) is 5.92. The molecule has 0 atom stereocenters. The summed E-state index contributed by atoms with van der Waals surface area (Å²) < 4.78 is 25.6. The molecule has 0 amide bonds. The zero-order valence-corrected chi connectivity index (χ0v) is 15.2. The van der Waals surface area contributed by atoms with Gasteiger partial charge in [0.25, 0.3) is 0 Å². The second-order valence-electron chi connectivity index (χ2n) is 4.07. The van der Waals surface area contributed by atoms with E-state index in [1.165, 1.54) is 18.4 Å². The quantitative estimate of drug-likeness (QED) is 0.437. The highest BCUT2D eigenvalue weighted by Gasteiger charge is 2.20. The Bertz CT molecular complexity index is 558. The molecule has 0 heterocycles. The second kappa shape index (κ2) is 8.42. The number of nitrogens with one attached hydrogen (secondary N) is 2. The standard InChI is InChI=1S/C12H20N4O2S.HI/c1-13-12(14-2)15-9-10-7-5-6-8-11(10)19(17,18)16(3)4;/h5-8H,9H2,1-4H3,(H2,13,14,15);1H. The van der Waals surface area contributed by atoms with Gasteiger partial charge in [-0.1, -0.05) is 18.2 Å². The average Bonchev–Trinajstić information content (AvgIpc) is 2.40. The van der Waals surface area contributed by atoms with Crippen LogP contribution in [0.5, 0.6) is 0 Å². The molecule has 0 spiro atoms. The maximum Gasteiger partial charge on any atom is 0.242 e. The van der Waals surface area contributed by atoms with Crippen molar-refractivity contribution in [1.82, 2.24) is 14.9 Å². The molecule has 6 nitrogen and oxygen atoms in total. The van der Waals surface area contributed by atoms with Gasteiger partial charge in [0.15, 0.2) is 5.96 Å². The first kappa shape index (κ1) is 19.1. The van der Waals surface area contributed by atoms with Crippen LogP contribution in [-0.2, 0) is 16.6 Å². The maximum atomic E-state index is 12.2. The van der Waals surface area contributed by atoms with Crippen molar-refractivity contribution in [1.29, 1.82) is 0 Å². The van der Waals surface area contributed by atoms with Crippen LogP contribution in [0.1, 0.15) is 5.56 Å². The van der Waals surface area contributed by atoms with E-state index < -0.39 is 10.0 Å². The molecule has 0 aliphatic rings. The number of rotatable bonds is 4. The predicted octanol–water partition coefficient (Wildman–Crippen LogP) is 0.850. The summed E-state index contributed by atoms with van der Waals surface area (Å²) in [6, 6.07) is 6.92. The van der Waals surface area contributed by atoms with Crippen molar-refractivity contribution in [3.05, 3.63) is 29.8 Å². The first-order valence-corrected chi connectivity index (χ1v) is 7.26. The summed E-state index contributed by atoms with van der Waals surface area (Å²) in [6.07, 6.45) is 0. The highest BCUT2D eigenvalue weighted by Crippen LogP contribution is 2.18. The monoisotopic (exact) mass is 412 g/mol. The Balaban J connectivity index is 0.00000361. The molecule has 8 heteroatoms. The lowest BCUT2D eigenvalue weighted by Crippen LogP contribution is -2.34. The highest BCUT2D eigenvalue weighted by atomic mass is 127. The molecule has 0 fully saturated rings. The summed E-state index contributed by atoms with van der Waals surface area (Å²) in [4.78, 5) is 4.29. The Morgan fingerprint density at radius 2 is 1.90 bits per heavy atom. The summed E-state index contributed by atoms with van der Waals surface area (Å²) in [7, 11) is 3.01. The van der Waals surface area contributed by atoms with Crippen molar-refractivity contribution in [2.24, 2.45) is 4.99 Å². The number of hydrogen-bond acceptors (Lipinski definition) is 3. The SMILES string of the molecule is CN=C(NC)NCc1ccccc1S(=O)(=O)N(C)C.I. The Labute approximate surface area is 137 Å². The third kappa shape index (κ3) is 4.60. The van der Waals surface area contributed by atoms with Gasteiger partial charge in [-0.25, -0.2) is 12.7 Å². The molecule has 0 aromatic heterocycles. The number of halogens is 1. The minimum atomic E-state index is -3.44. The van der Waals surface area contributed by atoms with Crippen molar-refractivity contribution >= 4 is 40.0 Å². The molecular weight excluding hydrogens is 391 g/mol. The van der Waals surface area contributed by atoms with Crippen LogP contribution in [0.3, 0.4) is 0 Å². The van der Waals surface area contributed by atoms with Crippen LogP contribution in [0.4, 0.5) is 0 Å². The van der Waals surface area contributed by atoms with Crippen molar-refractivity contribution in [3.8, 4) is 0 Å². The van der Waals surface area contributed by atoms with E-state index in [0.29, 0.717) is 23.0 Å². The first-order valence-electron chi connectivity index (χ1n) is 5.82. The number of sulfonamides is 1. The topological polar surface area (TPSA) is 73.8 Å². The summed E-state index contributed by atoms with van der Waals surface area (Å²) in [6.45, 7) is 0.386. The van der Waals surface area contributed by atoms with Gasteiger partial charge in [-0.3, -0.25) is 4.99 Å². The fourth-order valence-corrected chi connectivity index (χ4v) is 2.67. The van der Waals surface area contributed by atoms with E-state index in [2.05, 4.69) is 15.6 Å². The van der Waals surface area contributed by atoms with E-state index >= 15 is 0 Å². The molecule has 0 aliphatic heterocycles. The average molecular weight is 412 g/mol. The maximum absolute atomic E-state index is 12.2. The molecule has 1 aromatic carbocycles. The third-order valence-corrected chi connectivity index (χ3v) is 4.55. The molecule has 0 unspecified atom stereocenters. The van der Waals surface area contributed by atoms with E-state index in [9.17, 15) is 8.42 Å². The molecule has 0 radical (unpaired) electrons. The fraction of sp³-hybridized carbons (Fsp3) is 0.417. The number of hydrogen-bond donors (Lipinski definition) is 2. The van der Waals surface area contributed by atoms with E-state index in [-0.39, 0.29) is 24.0 Å². The zero-order valence-electron chi connectivity index (χ0n) is 12.0. The van der Waals surface area contributed by atoms with Gasteiger partial charge < -0.3 is 10.6 Å². The summed E-state index contributed by atoms with van der Waals surface area (Å²) in [5.41, 5.74) is 0.701. The smallest absolute Gasteiger partial charge is 0.242 e.